The molecule has 0 unspecified atom stereocenters. The third kappa shape index (κ3) is 2.52. The summed E-state index contributed by atoms with van der Waals surface area (Å²) in [5.74, 6) is -0.196. The van der Waals surface area contributed by atoms with E-state index >= 15 is 0 Å². The predicted octanol–water partition coefficient (Wildman–Crippen LogP) is 2.16. The van der Waals surface area contributed by atoms with Crippen LogP contribution in [-0.4, -0.2) is 17.0 Å². The zero-order chi connectivity index (χ0) is 13.8. The molecule has 1 amide bonds. The molecule has 0 aliphatic heterocycles. The number of carbonyl (C=O) groups excluding carboxylic acids is 1. The average molecular weight is 258 g/mol. The number of nitrogens with zero attached hydrogens (tertiary/aromatic N) is 1. The molecule has 0 radical (unpaired) electrons. The Hall–Kier alpha value is -2.10. The molecule has 2 aromatic rings. The van der Waals surface area contributed by atoms with Gasteiger partial charge >= 0.3 is 0 Å². The average Bonchev–Trinajstić information content (AvgIpc) is 2.42. The Balaban J connectivity index is 2.70. The van der Waals surface area contributed by atoms with Crippen molar-refractivity contribution in [2.45, 2.75) is 26.8 Å². The quantitative estimate of drug-likeness (QED) is 0.913. The molecule has 0 aliphatic carbocycles. The van der Waals surface area contributed by atoms with Gasteiger partial charge in [0.1, 0.15) is 5.69 Å². The van der Waals surface area contributed by atoms with Crippen LogP contribution < -0.4 is 10.9 Å². The van der Waals surface area contributed by atoms with Crippen LogP contribution in [0.1, 0.15) is 30.8 Å². The van der Waals surface area contributed by atoms with Crippen molar-refractivity contribution in [2.75, 3.05) is 6.54 Å². The van der Waals surface area contributed by atoms with Crippen molar-refractivity contribution in [2.24, 2.45) is 0 Å². The molecule has 4 heteroatoms. The molecule has 4 nitrogen and oxygen atoms in total. The molecule has 0 fully saturated rings. The largest absolute Gasteiger partial charge is 0.351 e. The SMILES string of the molecule is CCCn1c(C(=O)NCC)cc2ccccc2c1=O. The van der Waals surface area contributed by atoms with Gasteiger partial charge in [0.25, 0.3) is 11.5 Å². The summed E-state index contributed by atoms with van der Waals surface area (Å²) in [5, 5.41) is 4.22. The standard InChI is InChI=1S/C15H18N2O2/c1-3-9-17-13(14(18)16-4-2)10-11-7-5-6-8-12(11)15(17)19/h5-8,10H,3-4,9H2,1-2H3,(H,16,18). The van der Waals surface area contributed by atoms with Crippen molar-refractivity contribution >= 4 is 16.7 Å². The minimum Gasteiger partial charge on any atom is -0.351 e. The summed E-state index contributed by atoms with van der Waals surface area (Å²) in [6.07, 6.45) is 0.810. The van der Waals surface area contributed by atoms with Gasteiger partial charge < -0.3 is 9.88 Å². The Labute approximate surface area is 112 Å². The molecule has 0 saturated heterocycles. The number of nitrogens with one attached hydrogen (secondary N) is 1. The van der Waals surface area contributed by atoms with Crippen LogP contribution in [0.3, 0.4) is 0 Å². The van der Waals surface area contributed by atoms with Crippen molar-refractivity contribution in [3.8, 4) is 0 Å². The van der Waals surface area contributed by atoms with Crippen LogP contribution in [0, 0.1) is 0 Å². The molecule has 1 aromatic heterocycles. The maximum absolute atomic E-state index is 12.4. The smallest absolute Gasteiger partial charge is 0.268 e. The first-order valence-electron chi connectivity index (χ1n) is 6.59. The van der Waals surface area contributed by atoms with Gasteiger partial charge in [-0.1, -0.05) is 25.1 Å². The van der Waals surface area contributed by atoms with Crippen molar-refractivity contribution in [1.29, 1.82) is 0 Å². The Bertz CT molecular complexity index is 659. The highest BCUT2D eigenvalue weighted by molar-refractivity contribution is 5.96. The second-order valence-electron chi connectivity index (χ2n) is 4.43. The molecule has 0 aliphatic rings. The molecule has 0 bridgehead atoms. The lowest BCUT2D eigenvalue weighted by Crippen LogP contribution is -2.32. The fraction of sp³-hybridized carbons (Fsp3) is 0.333. The minimum atomic E-state index is -0.196. The van der Waals surface area contributed by atoms with E-state index < -0.39 is 0 Å². The number of rotatable bonds is 4. The van der Waals surface area contributed by atoms with Gasteiger partial charge in [0.15, 0.2) is 0 Å². The molecule has 1 aromatic carbocycles. The third-order valence-electron chi connectivity index (χ3n) is 3.04. The van der Waals surface area contributed by atoms with Gasteiger partial charge in [-0.25, -0.2) is 0 Å². The fourth-order valence-electron chi connectivity index (χ4n) is 2.18. The van der Waals surface area contributed by atoms with Crippen LogP contribution in [0.25, 0.3) is 10.8 Å². The molecule has 0 saturated carbocycles. The molecule has 100 valence electrons. The van der Waals surface area contributed by atoms with Gasteiger partial charge in [-0.15, -0.1) is 0 Å². The summed E-state index contributed by atoms with van der Waals surface area (Å²) in [5.41, 5.74) is 0.341. The summed E-state index contributed by atoms with van der Waals surface area (Å²) in [7, 11) is 0. The maximum Gasteiger partial charge on any atom is 0.268 e. The first-order valence-corrected chi connectivity index (χ1v) is 6.59. The van der Waals surface area contributed by atoms with Gasteiger partial charge in [0.2, 0.25) is 0 Å². The summed E-state index contributed by atoms with van der Waals surface area (Å²) in [6.45, 7) is 4.95. The number of hydrogen-bond donors (Lipinski definition) is 1. The van der Waals surface area contributed by atoms with E-state index in [1.807, 2.05) is 32.0 Å². The van der Waals surface area contributed by atoms with Gasteiger partial charge in [-0.2, -0.15) is 0 Å². The number of fused-ring (bicyclic) bond motifs is 1. The summed E-state index contributed by atoms with van der Waals surface area (Å²) in [6, 6.07) is 9.15. The van der Waals surface area contributed by atoms with Crippen molar-refractivity contribution in [1.82, 2.24) is 9.88 Å². The van der Waals surface area contributed by atoms with E-state index in [9.17, 15) is 9.59 Å². The van der Waals surface area contributed by atoms with Gasteiger partial charge in [-0.3, -0.25) is 9.59 Å². The highest BCUT2D eigenvalue weighted by Crippen LogP contribution is 2.12. The monoisotopic (exact) mass is 258 g/mol. The number of hydrogen-bond acceptors (Lipinski definition) is 2. The fourth-order valence-corrected chi connectivity index (χ4v) is 2.18. The Morgan fingerprint density at radius 1 is 1.26 bits per heavy atom. The van der Waals surface area contributed by atoms with Crippen LogP contribution in [0.2, 0.25) is 0 Å². The Morgan fingerprint density at radius 3 is 2.68 bits per heavy atom. The number of benzene rings is 1. The second kappa shape index (κ2) is 5.69. The van der Waals surface area contributed by atoms with E-state index in [1.165, 1.54) is 0 Å². The third-order valence-corrected chi connectivity index (χ3v) is 3.04. The Morgan fingerprint density at radius 2 is 2.00 bits per heavy atom. The molecule has 1 heterocycles. The zero-order valence-corrected chi connectivity index (χ0v) is 11.3. The lowest BCUT2D eigenvalue weighted by molar-refractivity contribution is 0.0945. The second-order valence-corrected chi connectivity index (χ2v) is 4.43. The molecule has 19 heavy (non-hydrogen) atoms. The van der Waals surface area contributed by atoms with E-state index in [-0.39, 0.29) is 11.5 Å². The number of aromatic nitrogens is 1. The normalized spacial score (nSPS) is 10.6. The van der Waals surface area contributed by atoms with Crippen molar-refractivity contribution in [3.05, 3.63) is 46.4 Å². The molecule has 1 N–H and O–H groups in total. The molecule has 2 rings (SSSR count). The molecule has 0 atom stereocenters. The van der Waals surface area contributed by atoms with Crippen LogP contribution in [-0.2, 0) is 6.54 Å². The molecular weight excluding hydrogens is 240 g/mol. The first-order chi connectivity index (χ1) is 9.19. The topological polar surface area (TPSA) is 51.1 Å². The predicted molar refractivity (Wildman–Crippen MR) is 76.5 cm³/mol. The summed E-state index contributed by atoms with van der Waals surface area (Å²) in [4.78, 5) is 24.5. The summed E-state index contributed by atoms with van der Waals surface area (Å²) >= 11 is 0. The van der Waals surface area contributed by atoms with E-state index in [1.54, 1.807) is 16.7 Å². The van der Waals surface area contributed by atoms with Gasteiger partial charge in [0.05, 0.1) is 0 Å². The highest BCUT2D eigenvalue weighted by Gasteiger charge is 2.14. The number of carbonyl (C=O) groups is 1. The number of amides is 1. The maximum atomic E-state index is 12.4. The van der Waals surface area contributed by atoms with Crippen LogP contribution in [0.4, 0.5) is 0 Å². The van der Waals surface area contributed by atoms with Crippen molar-refractivity contribution in [3.63, 3.8) is 0 Å². The lowest BCUT2D eigenvalue weighted by Gasteiger charge is -2.13. The van der Waals surface area contributed by atoms with E-state index in [2.05, 4.69) is 5.32 Å². The van der Waals surface area contributed by atoms with Crippen molar-refractivity contribution < 1.29 is 4.79 Å². The van der Waals surface area contributed by atoms with Crippen LogP contribution >= 0.6 is 0 Å². The van der Waals surface area contributed by atoms with E-state index in [4.69, 9.17) is 0 Å². The lowest BCUT2D eigenvalue weighted by atomic mass is 10.1. The van der Waals surface area contributed by atoms with E-state index in [0.717, 1.165) is 11.8 Å². The minimum absolute atomic E-state index is 0.0961. The Kier molecular flexibility index (Phi) is 4.00. The van der Waals surface area contributed by atoms with Gasteiger partial charge in [-0.05, 0) is 30.9 Å². The first kappa shape index (κ1) is 13.3. The number of pyridine rings is 1. The van der Waals surface area contributed by atoms with E-state index in [0.29, 0.717) is 24.2 Å². The summed E-state index contributed by atoms with van der Waals surface area (Å²) < 4.78 is 1.56. The van der Waals surface area contributed by atoms with Gasteiger partial charge in [0, 0.05) is 18.5 Å². The van der Waals surface area contributed by atoms with Crippen LogP contribution in [0.5, 0.6) is 0 Å². The van der Waals surface area contributed by atoms with Crippen LogP contribution in [0.15, 0.2) is 35.1 Å². The molecule has 0 spiro atoms. The zero-order valence-electron chi connectivity index (χ0n) is 11.3. The highest BCUT2D eigenvalue weighted by atomic mass is 16.2. The molecular formula is C15H18N2O2.